The fourth-order valence-electron chi connectivity index (χ4n) is 2.47. The van der Waals surface area contributed by atoms with Crippen LogP contribution in [0.15, 0.2) is 48.1 Å². The minimum Gasteiger partial charge on any atom is -0.396 e. The molecule has 2 rings (SSSR count). The Morgan fingerprint density at radius 2 is 1.95 bits per heavy atom. The second-order valence-corrected chi connectivity index (χ2v) is 5.83. The van der Waals surface area contributed by atoms with E-state index in [0.717, 1.165) is 17.6 Å². The second-order valence-electron chi connectivity index (χ2n) is 5.83. The molecule has 0 atom stereocenters. The first-order valence-corrected chi connectivity index (χ1v) is 7.68. The van der Waals surface area contributed by atoms with Crippen LogP contribution in [0.2, 0.25) is 0 Å². The molecular weight excluding hydrogens is 279 g/mol. The van der Waals surface area contributed by atoms with Crippen molar-refractivity contribution >= 4 is 5.57 Å². The molecule has 1 aliphatic carbocycles. The number of hydrogen-bond acceptors (Lipinski definition) is 2. The molecule has 0 spiro atoms. The van der Waals surface area contributed by atoms with Crippen LogP contribution in [0, 0.1) is 11.7 Å². The van der Waals surface area contributed by atoms with Crippen molar-refractivity contribution in [2.75, 3.05) is 13.2 Å². The maximum Gasteiger partial charge on any atom is 0.131 e. The number of halogens is 1. The molecule has 3 heteroatoms. The Labute approximate surface area is 131 Å². The van der Waals surface area contributed by atoms with E-state index in [1.165, 1.54) is 5.57 Å². The summed E-state index contributed by atoms with van der Waals surface area (Å²) in [6.45, 7) is 1.98. The molecule has 0 radical (unpaired) electrons. The van der Waals surface area contributed by atoms with E-state index >= 15 is 0 Å². The van der Waals surface area contributed by atoms with Gasteiger partial charge in [-0.1, -0.05) is 42.0 Å². The number of hydrogen-bond donors (Lipinski definition) is 2. The average molecular weight is 302 g/mol. The molecule has 2 nitrogen and oxygen atoms in total. The number of rotatable bonds is 6. The topological polar surface area (TPSA) is 40.5 Å². The fraction of sp³-hybridized carbons (Fsp3) is 0.368. The summed E-state index contributed by atoms with van der Waals surface area (Å²) in [5.41, 5.74) is 3.62. The molecule has 0 aromatic heterocycles. The van der Waals surface area contributed by atoms with Gasteiger partial charge in [0.2, 0.25) is 0 Å². The lowest BCUT2D eigenvalue weighted by molar-refractivity contribution is 0.144. The van der Waals surface area contributed by atoms with Crippen molar-refractivity contribution in [2.45, 2.75) is 26.2 Å². The standard InChI is InChI=1S/C19H23FO2/c1-14-3-2-4-17(9-5-14)18-10-8-15(11-19(18)20)6-7-16(12-21)13-22/h2,4-5,8-11,16,21-22H,3,6-7,12-13H2,1H3. The summed E-state index contributed by atoms with van der Waals surface area (Å²) >= 11 is 0. The molecule has 0 aliphatic heterocycles. The summed E-state index contributed by atoms with van der Waals surface area (Å²) in [5, 5.41) is 18.1. The Kier molecular flexibility index (Phi) is 6.10. The molecule has 0 unspecified atom stereocenters. The van der Waals surface area contributed by atoms with Gasteiger partial charge in [0.25, 0.3) is 0 Å². The monoisotopic (exact) mass is 302 g/mol. The maximum atomic E-state index is 14.4. The predicted molar refractivity (Wildman–Crippen MR) is 87.9 cm³/mol. The zero-order valence-corrected chi connectivity index (χ0v) is 12.9. The summed E-state index contributed by atoms with van der Waals surface area (Å²) in [7, 11) is 0. The summed E-state index contributed by atoms with van der Waals surface area (Å²) < 4.78 is 14.4. The Morgan fingerprint density at radius 1 is 1.18 bits per heavy atom. The van der Waals surface area contributed by atoms with Gasteiger partial charge in [-0.05, 0) is 43.4 Å². The Balaban J connectivity index is 2.13. The van der Waals surface area contributed by atoms with Gasteiger partial charge in [-0.25, -0.2) is 4.39 Å². The lowest BCUT2D eigenvalue weighted by Crippen LogP contribution is -2.12. The molecule has 0 heterocycles. The Morgan fingerprint density at radius 3 is 2.64 bits per heavy atom. The third-order valence-electron chi connectivity index (χ3n) is 3.99. The number of aliphatic hydroxyl groups excluding tert-OH is 2. The van der Waals surface area contributed by atoms with Gasteiger partial charge < -0.3 is 10.2 Å². The zero-order valence-electron chi connectivity index (χ0n) is 12.9. The van der Waals surface area contributed by atoms with Crippen molar-refractivity contribution in [1.82, 2.24) is 0 Å². The van der Waals surface area contributed by atoms with Gasteiger partial charge in [0.05, 0.1) is 0 Å². The van der Waals surface area contributed by atoms with Gasteiger partial charge in [0.1, 0.15) is 5.82 Å². The largest absolute Gasteiger partial charge is 0.396 e. The lowest BCUT2D eigenvalue weighted by Gasteiger charge is -2.11. The van der Waals surface area contributed by atoms with Crippen molar-refractivity contribution < 1.29 is 14.6 Å². The summed E-state index contributed by atoms with van der Waals surface area (Å²) in [4.78, 5) is 0. The van der Waals surface area contributed by atoms with Crippen LogP contribution in [0.5, 0.6) is 0 Å². The van der Waals surface area contributed by atoms with Crippen LogP contribution in [0.4, 0.5) is 4.39 Å². The van der Waals surface area contributed by atoms with Crippen LogP contribution < -0.4 is 0 Å². The molecule has 1 aromatic rings. The third-order valence-corrected chi connectivity index (χ3v) is 3.99. The summed E-state index contributed by atoms with van der Waals surface area (Å²) in [5.74, 6) is -0.366. The average Bonchev–Trinajstić information content (AvgIpc) is 2.73. The van der Waals surface area contributed by atoms with Crippen LogP contribution in [0.1, 0.15) is 30.9 Å². The first-order valence-electron chi connectivity index (χ1n) is 7.68. The molecule has 1 aromatic carbocycles. The van der Waals surface area contributed by atoms with Gasteiger partial charge in [-0.15, -0.1) is 0 Å². The van der Waals surface area contributed by atoms with Crippen molar-refractivity contribution in [3.63, 3.8) is 0 Å². The SMILES string of the molecule is CC1=CC=C(c2ccc(CCC(CO)CO)cc2F)C=CC1. The highest BCUT2D eigenvalue weighted by Crippen LogP contribution is 2.24. The molecular formula is C19H23FO2. The second kappa shape index (κ2) is 8.06. The smallest absolute Gasteiger partial charge is 0.131 e. The lowest BCUT2D eigenvalue weighted by atomic mass is 9.97. The predicted octanol–water partition coefficient (Wildman–Crippen LogP) is 3.65. The molecule has 0 saturated carbocycles. The van der Waals surface area contributed by atoms with Crippen LogP contribution in [0.3, 0.4) is 0 Å². The van der Waals surface area contributed by atoms with E-state index in [-0.39, 0.29) is 24.9 Å². The molecule has 0 amide bonds. The number of aliphatic hydroxyl groups is 2. The first-order chi connectivity index (χ1) is 10.6. The molecule has 1 aliphatic rings. The van der Waals surface area contributed by atoms with Crippen LogP contribution >= 0.6 is 0 Å². The van der Waals surface area contributed by atoms with Crippen molar-refractivity contribution in [3.05, 3.63) is 65.0 Å². The number of allylic oxidation sites excluding steroid dienone is 6. The maximum absolute atomic E-state index is 14.4. The number of aryl methyl sites for hydroxylation is 1. The van der Waals surface area contributed by atoms with E-state index in [1.54, 1.807) is 6.07 Å². The van der Waals surface area contributed by atoms with Crippen LogP contribution in [-0.2, 0) is 6.42 Å². The van der Waals surface area contributed by atoms with E-state index in [4.69, 9.17) is 10.2 Å². The first kappa shape index (κ1) is 16.7. The van der Waals surface area contributed by atoms with Crippen LogP contribution in [-0.4, -0.2) is 23.4 Å². The van der Waals surface area contributed by atoms with Crippen molar-refractivity contribution in [2.24, 2.45) is 5.92 Å². The van der Waals surface area contributed by atoms with Gasteiger partial charge in [-0.3, -0.25) is 0 Å². The Bertz CT molecular complexity index is 595. The quantitative estimate of drug-likeness (QED) is 0.842. The zero-order chi connectivity index (χ0) is 15.9. The van der Waals surface area contributed by atoms with E-state index in [0.29, 0.717) is 18.4 Å². The fourth-order valence-corrected chi connectivity index (χ4v) is 2.47. The van der Waals surface area contributed by atoms with Crippen molar-refractivity contribution in [1.29, 1.82) is 0 Å². The van der Waals surface area contributed by atoms with E-state index < -0.39 is 0 Å². The molecule has 22 heavy (non-hydrogen) atoms. The molecule has 0 bridgehead atoms. The molecule has 2 N–H and O–H groups in total. The molecule has 0 fully saturated rings. The number of benzene rings is 1. The van der Waals surface area contributed by atoms with Gasteiger partial charge in [0, 0.05) is 24.7 Å². The highest BCUT2D eigenvalue weighted by molar-refractivity contribution is 5.76. The van der Waals surface area contributed by atoms with Gasteiger partial charge in [-0.2, -0.15) is 0 Å². The van der Waals surface area contributed by atoms with E-state index in [2.05, 4.69) is 6.92 Å². The third kappa shape index (κ3) is 4.39. The summed E-state index contributed by atoms with van der Waals surface area (Å²) in [6.07, 6.45) is 10.2. The van der Waals surface area contributed by atoms with E-state index in [9.17, 15) is 4.39 Å². The normalized spacial score (nSPS) is 14.8. The van der Waals surface area contributed by atoms with Crippen molar-refractivity contribution in [3.8, 4) is 0 Å². The highest BCUT2D eigenvalue weighted by atomic mass is 19.1. The van der Waals surface area contributed by atoms with Crippen LogP contribution in [0.25, 0.3) is 5.57 Å². The van der Waals surface area contributed by atoms with E-state index in [1.807, 2.05) is 36.4 Å². The minimum atomic E-state index is -0.231. The minimum absolute atomic E-state index is 0.0412. The molecule has 0 saturated heterocycles. The molecule has 118 valence electrons. The van der Waals surface area contributed by atoms with Gasteiger partial charge >= 0.3 is 0 Å². The van der Waals surface area contributed by atoms with Gasteiger partial charge in [0.15, 0.2) is 0 Å². The highest BCUT2D eigenvalue weighted by Gasteiger charge is 2.10. The summed E-state index contributed by atoms with van der Waals surface area (Å²) in [6, 6.07) is 5.28. The Hall–Kier alpha value is -1.71.